The minimum absolute atomic E-state index is 0.616. The second-order valence-electron chi connectivity index (χ2n) is 5.77. The zero-order valence-corrected chi connectivity index (χ0v) is 13.5. The van der Waals surface area contributed by atoms with Gasteiger partial charge in [0, 0.05) is 34.3 Å². The third-order valence-electron chi connectivity index (χ3n) is 4.03. The molecule has 1 aromatic carbocycles. The molecule has 4 heteroatoms. The molecule has 0 spiro atoms. The molecule has 1 fully saturated rings. The highest BCUT2D eigenvalue weighted by molar-refractivity contribution is 9.10. The van der Waals surface area contributed by atoms with Crippen LogP contribution in [0.4, 0.5) is 5.69 Å². The standard InChI is InChI=1S/C16H20BrN3/c1-20(2)16(11-3-4-11)10-19-15-7-8-18-14-6-5-12(17)9-13(14)15/h5-9,11,16H,3-4,10H2,1-2H3,(H,18,19). The van der Waals surface area contributed by atoms with Crippen LogP contribution in [0.25, 0.3) is 10.9 Å². The van der Waals surface area contributed by atoms with Crippen molar-refractivity contribution < 1.29 is 0 Å². The lowest BCUT2D eigenvalue weighted by Gasteiger charge is -2.25. The number of hydrogen-bond acceptors (Lipinski definition) is 3. The van der Waals surface area contributed by atoms with E-state index in [1.807, 2.05) is 12.3 Å². The van der Waals surface area contributed by atoms with Crippen molar-refractivity contribution in [2.75, 3.05) is 26.0 Å². The van der Waals surface area contributed by atoms with Gasteiger partial charge in [-0.25, -0.2) is 0 Å². The summed E-state index contributed by atoms with van der Waals surface area (Å²) in [7, 11) is 4.35. The fourth-order valence-corrected chi connectivity index (χ4v) is 3.10. The van der Waals surface area contributed by atoms with Crippen molar-refractivity contribution in [2.24, 2.45) is 5.92 Å². The number of aromatic nitrogens is 1. The Bertz CT molecular complexity index is 606. The van der Waals surface area contributed by atoms with E-state index in [-0.39, 0.29) is 0 Å². The van der Waals surface area contributed by atoms with Crippen LogP contribution in [-0.4, -0.2) is 36.6 Å². The zero-order valence-electron chi connectivity index (χ0n) is 11.9. The van der Waals surface area contributed by atoms with E-state index in [2.05, 4.69) is 63.4 Å². The van der Waals surface area contributed by atoms with E-state index in [0.717, 1.165) is 22.5 Å². The smallest absolute Gasteiger partial charge is 0.0723 e. The molecule has 0 saturated heterocycles. The third kappa shape index (κ3) is 2.96. The van der Waals surface area contributed by atoms with Gasteiger partial charge in [-0.15, -0.1) is 0 Å². The molecule has 1 N–H and O–H groups in total. The van der Waals surface area contributed by atoms with E-state index >= 15 is 0 Å². The Labute approximate surface area is 128 Å². The summed E-state index contributed by atoms with van der Waals surface area (Å²) in [6, 6.07) is 8.90. The second-order valence-corrected chi connectivity index (χ2v) is 6.68. The number of fused-ring (bicyclic) bond motifs is 1. The van der Waals surface area contributed by atoms with Crippen molar-refractivity contribution in [3.05, 3.63) is 34.9 Å². The molecule has 1 atom stereocenters. The maximum Gasteiger partial charge on any atom is 0.0723 e. The number of nitrogens with one attached hydrogen (secondary N) is 1. The second kappa shape index (κ2) is 5.70. The monoisotopic (exact) mass is 333 g/mol. The fourth-order valence-electron chi connectivity index (χ4n) is 2.74. The molecular formula is C16H20BrN3. The van der Waals surface area contributed by atoms with E-state index < -0.39 is 0 Å². The summed E-state index contributed by atoms with van der Waals surface area (Å²) in [5.41, 5.74) is 2.20. The summed E-state index contributed by atoms with van der Waals surface area (Å²) < 4.78 is 1.09. The number of likely N-dealkylation sites (N-methyl/N-ethyl adjacent to an activating group) is 1. The number of hydrogen-bond donors (Lipinski definition) is 1. The molecule has 0 amide bonds. The van der Waals surface area contributed by atoms with Crippen molar-refractivity contribution in [2.45, 2.75) is 18.9 Å². The summed E-state index contributed by atoms with van der Waals surface area (Å²) >= 11 is 3.54. The Morgan fingerprint density at radius 2 is 2.15 bits per heavy atom. The molecule has 0 bridgehead atoms. The van der Waals surface area contributed by atoms with E-state index in [4.69, 9.17) is 0 Å². The first-order valence-electron chi connectivity index (χ1n) is 7.10. The Kier molecular flexibility index (Phi) is 3.94. The van der Waals surface area contributed by atoms with Crippen molar-refractivity contribution in [3.8, 4) is 0 Å². The number of nitrogens with zero attached hydrogens (tertiary/aromatic N) is 2. The van der Waals surface area contributed by atoms with Crippen molar-refractivity contribution in [1.29, 1.82) is 0 Å². The minimum Gasteiger partial charge on any atom is -0.383 e. The molecule has 1 aliphatic carbocycles. The molecule has 1 aromatic heterocycles. The van der Waals surface area contributed by atoms with E-state index in [9.17, 15) is 0 Å². The first kappa shape index (κ1) is 13.8. The number of halogens is 1. The van der Waals surface area contributed by atoms with Gasteiger partial charge in [0.2, 0.25) is 0 Å². The van der Waals surface area contributed by atoms with Crippen LogP contribution in [-0.2, 0) is 0 Å². The van der Waals surface area contributed by atoms with Crippen molar-refractivity contribution in [1.82, 2.24) is 9.88 Å². The first-order chi connectivity index (χ1) is 9.65. The number of rotatable bonds is 5. The summed E-state index contributed by atoms with van der Waals surface area (Å²) in [5, 5.41) is 4.79. The van der Waals surface area contributed by atoms with Crippen molar-refractivity contribution >= 4 is 32.5 Å². The molecule has 0 radical (unpaired) electrons. The van der Waals surface area contributed by atoms with Crippen LogP contribution in [0.3, 0.4) is 0 Å². The maximum atomic E-state index is 4.42. The molecule has 20 heavy (non-hydrogen) atoms. The topological polar surface area (TPSA) is 28.2 Å². The maximum absolute atomic E-state index is 4.42. The number of pyridine rings is 1. The molecule has 1 aliphatic rings. The molecule has 3 rings (SSSR count). The molecule has 2 aromatic rings. The average Bonchev–Trinajstić information content (AvgIpc) is 3.23. The van der Waals surface area contributed by atoms with Crippen LogP contribution in [0.5, 0.6) is 0 Å². The Hall–Kier alpha value is -1.13. The molecule has 1 saturated carbocycles. The van der Waals surface area contributed by atoms with Gasteiger partial charge in [0.05, 0.1) is 5.52 Å². The first-order valence-corrected chi connectivity index (χ1v) is 7.89. The summed E-state index contributed by atoms with van der Waals surface area (Å²) in [6.07, 6.45) is 4.61. The van der Waals surface area contributed by atoms with E-state index in [1.165, 1.54) is 23.9 Å². The average molecular weight is 334 g/mol. The summed E-state index contributed by atoms with van der Waals surface area (Å²) in [6.45, 7) is 0.989. The summed E-state index contributed by atoms with van der Waals surface area (Å²) in [4.78, 5) is 6.76. The number of benzene rings is 1. The highest BCUT2D eigenvalue weighted by atomic mass is 79.9. The van der Waals surface area contributed by atoms with Gasteiger partial charge < -0.3 is 10.2 Å². The molecular weight excluding hydrogens is 314 g/mol. The van der Waals surface area contributed by atoms with Crippen LogP contribution in [0, 0.1) is 5.92 Å². The Morgan fingerprint density at radius 3 is 2.85 bits per heavy atom. The van der Waals surface area contributed by atoms with Gasteiger partial charge in [0.25, 0.3) is 0 Å². The molecule has 0 aliphatic heterocycles. The molecule has 106 valence electrons. The van der Waals surface area contributed by atoms with Crippen LogP contribution in [0.2, 0.25) is 0 Å². The quantitative estimate of drug-likeness (QED) is 0.903. The van der Waals surface area contributed by atoms with Gasteiger partial charge in [0.15, 0.2) is 0 Å². The highest BCUT2D eigenvalue weighted by Crippen LogP contribution is 2.35. The Morgan fingerprint density at radius 1 is 1.35 bits per heavy atom. The SMILES string of the molecule is CN(C)C(CNc1ccnc2ccc(Br)cc12)C1CC1. The predicted octanol–water partition coefficient (Wildman–Crippen LogP) is 3.75. The van der Waals surface area contributed by atoms with Crippen LogP contribution in [0.15, 0.2) is 34.9 Å². The third-order valence-corrected chi connectivity index (χ3v) is 4.53. The number of anilines is 1. The normalized spacial score (nSPS) is 16.6. The van der Waals surface area contributed by atoms with Gasteiger partial charge in [0.1, 0.15) is 0 Å². The lowest BCUT2D eigenvalue weighted by molar-refractivity contribution is 0.276. The van der Waals surface area contributed by atoms with Gasteiger partial charge in [-0.3, -0.25) is 4.98 Å². The van der Waals surface area contributed by atoms with Crippen LogP contribution >= 0.6 is 15.9 Å². The molecule has 1 unspecified atom stereocenters. The van der Waals surface area contributed by atoms with E-state index in [0.29, 0.717) is 6.04 Å². The zero-order chi connectivity index (χ0) is 14.1. The van der Waals surface area contributed by atoms with Crippen LogP contribution in [0.1, 0.15) is 12.8 Å². The van der Waals surface area contributed by atoms with Crippen molar-refractivity contribution in [3.63, 3.8) is 0 Å². The minimum atomic E-state index is 0.616. The van der Waals surface area contributed by atoms with Gasteiger partial charge in [-0.1, -0.05) is 15.9 Å². The fraction of sp³-hybridized carbons (Fsp3) is 0.438. The lowest BCUT2D eigenvalue weighted by Crippen LogP contribution is -2.36. The van der Waals surface area contributed by atoms with Gasteiger partial charge in [-0.05, 0) is 57.1 Å². The van der Waals surface area contributed by atoms with Gasteiger partial charge >= 0.3 is 0 Å². The van der Waals surface area contributed by atoms with Gasteiger partial charge in [-0.2, -0.15) is 0 Å². The van der Waals surface area contributed by atoms with E-state index in [1.54, 1.807) is 0 Å². The molecule has 3 nitrogen and oxygen atoms in total. The Balaban J connectivity index is 1.81. The highest BCUT2D eigenvalue weighted by Gasteiger charge is 2.32. The lowest BCUT2D eigenvalue weighted by atomic mass is 10.1. The van der Waals surface area contributed by atoms with Crippen LogP contribution < -0.4 is 5.32 Å². The largest absolute Gasteiger partial charge is 0.383 e. The predicted molar refractivity (Wildman–Crippen MR) is 88.1 cm³/mol. The summed E-state index contributed by atoms with van der Waals surface area (Å²) in [5.74, 6) is 0.859. The molecule has 1 heterocycles.